The number of nitrogens with zero attached hydrogens (tertiary/aromatic N) is 2. The maximum atomic E-state index is 12.4. The van der Waals surface area contributed by atoms with Gasteiger partial charge in [0.2, 0.25) is 11.8 Å². The van der Waals surface area contributed by atoms with E-state index in [0.717, 1.165) is 22.9 Å². The molecule has 2 amide bonds. The minimum Gasteiger partial charge on any atom is -0.348 e. The number of rotatable bonds is 6. The Bertz CT molecular complexity index is 837. The third-order valence-electron chi connectivity index (χ3n) is 5.05. The first-order chi connectivity index (χ1) is 13.9. The van der Waals surface area contributed by atoms with Crippen molar-refractivity contribution >= 4 is 45.2 Å². The average Bonchev–Trinajstić information content (AvgIpc) is 2.70. The van der Waals surface area contributed by atoms with Crippen LogP contribution in [-0.2, 0) is 9.59 Å². The lowest BCUT2D eigenvalue weighted by molar-refractivity contribution is -0.124. The van der Waals surface area contributed by atoms with Crippen molar-refractivity contribution in [3.05, 3.63) is 57.7 Å². The van der Waals surface area contributed by atoms with E-state index < -0.39 is 0 Å². The molecule has 3 rings (SSSR count). The van der Waals surface area contributed by atoms with Crippen molar-refractivity contribution in [2.75, 3.05) is 25.0 Å². The SMILES string of the molecule is CC(NC(=O)CN1CCC(C(=O)Nc2ccc(Br)cn2)CC1)c1ccc(Cl)cc1. The molecule has 2 N–H and O–H groups in total. The number of anilines is 1. The normalized spacial score (nSPS) is 16.2. The quantitative estimate of drug-likeness (QED) is 0.656. The second-order valence-electron chi connectivity index (χ2n) is 7.24. The van der Waals surface area contributed by atoms with E-state index in [0.29, 0.717) is 30.5 Å². The predicted molar refractivity (Wildman–Crippen MR) is 118 cm³/mol. The summed E-state index contributed by atoms with van der Waals surface area (Å²) < 4.78 is 0.868. The van der Waals surface area contributed by atoms with E-state index in [1.54, 1.807) is 12.3 Å². The molecule has 1 aromatic carbocycles. The molecule has 154 valence electrons. The third kappa shape index (κ3) is 6.52. The third-order valence-corrected chi connectivity index (χ3v) is 5.77. The molecule has 0 radical (unpaired) electrons. The molecule has 1 fully saturated rings. The zero-order valence-corrected chi connectivity index (χ0v) is 18.5. The Kier molecular flexibility index (Phi) is 7.64. The Labute approximate surface area is 184 Å². The first-order valence-electron chi connectivity index (χ1n) is 9.60. The van der Waals surface area contributed by atoms with Gasteiger partial charge in [0.25, 0.3) is 0 Å². The van der Waals surface area contributed by atoms with E-state index >= 15 is 0 Å². The van der Waals surface area contributed by atoms with Gasteiger partial charge in [-0.2, -0.15) is 0 Å². The summed E-state index contributed by atoms with van der Waals surface area (Å²) in [7, 11) is 0. The second-order valence-corrected chi connectivity index (χ2v) is 8.59. The van der Waals surface area contributed by atoms with E-state index in [4.69, 9.17) is 11.6 Å². The number of nitrogens with one attached hydrogen (secondary N) is 2. The molecule has 0 saturated carbocycles. The molecule has 1 saturated heterocycles. The molecule has 2 aromatic rings. The molecule has 29 heavy (non-hydrogen) atoms. The molecular weight excluding hydrogens is 456 g/mol. The number of benzene rings is 1. The topological polar surface area (TPSA) is 74.3 Å². The van der Waals surface area contributed by atoms with E-state index in [1.165, 1.54) is 0 Å². The molecule has 1 atom stereocenters. The number of pyridine rings is 1. The van der Waals surface area contributed by atoms with Gasteiger partial charge < -0.3 is 10.6 Å². The predicted octanol–water partition coefficient (Wildman–Crippen LogP) is 4.03. The fourth-order valence-corrected chi connectivity index (χ4v) is 3.72. The largest absolute Gasteiger partial charge is 0.348 e. The molecule has 6 nitrogen and oxygen atoms in total. The zero-order valence-electron chi connectivity index (χ0n) is 16.2. The van der Waals surface area contributed by atoms with Crippen molar-refractivity contribution in [1.29, 1.82) is 0 Å². The van der Waals surface area contributed by atoms with Crippen LogP contribution in [0.5, 0.6) is 0 Å². The average molecular weight is 480 g/mol. The summed E-state index contributed by atoms with van der Waals surface area (Å²) in [5.74, 6) is 0.457. The summed E-state index contributed by atoms with van der Waals surface area (Å²) in [4.78, 5) is 31.1. The number of hydrogen-bond donors (Lipinski definition) is 2. The first kappa shape index (κ1) is 21.7. The van der Waals surface area contributed by atoms with Gasteiger partial charge in [0.1, 0.15) is 5.82 Å². The number of halogens is 2. The molecule has 0 spiro atoms. The number of aromatic nitrogens is 1. The summed E-state index contributed by atoms with van der Waals surface area (Å²) in [6.45, 7) is 3.72. The van der Waals surface area contributed by atoms with Gasteiger partial charge in [-0.1, -0.05) is 23.7 Å². The van der Waals surface area contributed by atoms with Gasteiger partial charge in [-0.05, 0) is 78.6 Å². The van der Waals surface area contributed by atoms with Crippen molar-refractivity contribution in [3.63, 3.8) is 0 Å². The van der Waals surface area contributed by atoms with E-state index in [2.05, 4.69) is 36.4 Å². The first-order valence-corrected chi connectivity index (χ1v) is 10.8. The number of carbonyl (C=O) groups is 2. The lowest BCUT2D eigenvalue weighted by Gasteiger charge is -2.31. The molecule has 8 heteroatoms. The van der Waals surface area contributed by atoms with Gasteiger partial charge in [0.15, 0.2) is 0 Å². The minimum atomic E-state index is -0.0820. The summed E-state index contributed by atoms with van der Waals surface area (Å²) in [5, 5.41) is 6.56. The highest BCUT2D eigenvalue weighted by molar-refractivity contribution is 9.10. The van der Waals surface area contributed by atoms with Gasteiger partial charge in [-0.3, -0.25) is 14.5 Å². The molecular formula is C21H24BrClN4O2. The number of hydrogen-bond acceptors (Lipinski definition) is 4. The number of likely N-dealkylation sites (tertiary alicyclic amines) is 1. The van der Waals surface area contributed by atoms with Gasteiger partial charge >= 0.3 is 0 Å². The van der Waals surface area contributed by atoms with Crippen molar-refractivity contribution in [3.8, 4) is 0 Å². The highest BCUT2D eigenvalue weighted by Gasteiger charge is 2.26. The Morgan fingerprint density at radius 3 is 2.52 bits per heavy atom. The highest BCUT2D eigenvalue weighted by atomic mass is 79.9. The molecule has 2 heterocycles. The number of carbonyl (C=O) groups excluding carboxylic acids is 2. The molecule has 0 aliphatic carbocycles. The van der Waals surface area contributed by atoms with Crippen LogP contribution in [0.1, 0.15) is 31.4 Å². The van der Waals surface area contributed by atoms with Crippen LogP contribution in [0.4, 0.5) is 5.82 Å². The lowest BCUT2D eigenvalue weighted by Crippen LogP contribution is -2.43. The van der Waals surface area contributed by atoms with Gasteiger partial charge in [-0.15, -0.1) is 0 Å². The van der Waals surface area contributed by atoms with Crippen molar-refractivity contribution in [2.24, 2.45) is 5.92 Å². The Morgan fingerprint density at radius 1 is 1.21 bits per heavy atom. The van der Waals surface area contributed by atoms with Crippen LogP contribution in [0.2, 0.25) is 5.02 Å². The van der Waals surface area contributed by atoms with Crippen molar-refractivity contribution in [2.45, 2.75) is 25.8 Å². The van der Waals surface area contributed by atoms with Crippen molar-refractivity contribution < 1.29 is 9.59 Å². The Balaban J connectivity index is 1.41. The maximum absolute atomic E-state index is 12.4. The second kappa shape index (κ2) is 10.2. The molecule has 1 aliphatic heterocycles. The van der Waals surface area contributed by atoms with Gasteiger partial charge in [0.05, 0.1) is 12.6 Å². The van der Waals surface area contributed by atoms with Crippen LogP contribution < -0.4 is 10.6 Å². The van der Waals surface area contributed by atoms with Crippen LogP contribution >= 0.6 is 27.5 Å². The molecule has 1 aliphatic rings. The summed E-state index contributed by atoms with van der Waals surface area (Å²) in [5.41, 5.74) is 1.01. The minimum absolute atomic E-state index is 0.0136. The maximum Gasteiger partial charge on any atom is 0.234 e. The zero-order chi connectivity index (χ0) is 20.8. The fourth-order valence-electron chi connectivity index (χ4n) is 3.36. The van der Waals surface area contributed by atoms with Gasteiger partial charge in [0, 0.05) is 21.6 Å². The smallest absolute Gasteiger partial charge is 0.234 e. The van der Waals surface area contributed by atoms with E-state index in [9.17, 15) is 9.59 Å². The molecule has 0 bridgehead atoms. The number of amides is 2. The molecule has 1 aromatic heterocycles. The van der Waals surface area contributed by atoms with E-state index in [1.807, 2.05) is 37.3 Å². The van der Waals surface area contributed by atoms with Crippen LogP contribution in [0.3, 0.4) is 0 Å². The van der Waals surface area contributed by atoms with Crippen LogP contribution in [0.15, 0.2) is 47.1 Å². The molecule has 1 unspecified atom stereocenters. The summed E-state index contributed by atoms with van der Waals surface area (Å²) in [6.07, 6.45) is 3.10. The van der Waals surface area contributed by atoms with Crippen LogP contribution in [-0.4, -0.2) is 41.3 Å². The summed E-state index contributed by atoms with van der Waals surface area (Å²) >= 11 is 9.24. The lowest BCUT2D eigenvalue weighted by atomic mass is 9.96. The standard InChI is InChI=1S/C21H24BrClN4O2/c1-14(15-2-5-18(23)6-3-15)25-20(28)13-27-10-8-16(9-11-27)21(29)26-19-7-4-17(22)12-24-19/h2-7,12,14,16H,8-11,13H2,1H3,(H,25,28)(H,24,26,29). The monoisotopic (exact) mass is 478 g/mol. The van der Waals surface area contributed by atoms with Crippen molar-refractivity contribution in [1.82, 2.24) is 15.2 Å². The van der Waals surface area contributed by atoms with Crippen LogP contribution in [0, 0.1) is 5.92 Å². The number of piperidine rings is 1. The van der Waals surface area contributed by atoms with Gasteiger partial charge in [-0.25, -0.2) is 4.98 Å². The van der Waals surface area contributed by atoms with Crippen LogP contribution in [0.25, 0.3) is 0 Å². The summed E-state index contributed by atoms with van der Waals surface area (Å²) in [6, 6.07) is 11.0. The van der Waals surface area contributed by atoms with E-state index in [-0.39, 0.29) is 23.8 Å². The fraction of sp³-hybridized carbons (Fsp3) is 0.381. The Hall–Kier alpha value is -1.96. The highest BCUT2D eigenvalue weighted by Crippen LogP contribution is 2.20. The Morgan fingerprint density at radius 2 is 1.90 bits per heavy atom.